The summed E-state index contributed by atoms with van der Waals surface area (Å²) in [4.78, 5) is 16.2. The summed E-state index contributed by atoms with van der Waals surface area (Å²) in [5, 5.41) is 0. The number of rotatable bonds is 7. The van der Waals surface area contributed by atoms with Crippen molar-refractivity contribution in [3.8, 4) is 11.5 Å². The summed E-state index contributed by atoms with van der Waals surface area (Å²) in [6.07, 6.45) is 5.66. The molecule has 1 saturated heterocycles. The lowest BCUT2D eigenvalue weighted by molar-refractivity contribution is -0.272. The molecule has 6 nitrogen and oxygen atoms in total. The van der Waals surface area contributed by atoms with Crippen LogP contribution in [0.1, 0.15) is 31.9 Å². The molecule has 0 unspecified atom stereocenters. The highest BCUT2D eigenvalue weighted by atomic mass is 16.7. The fourth-order valence-corrected chi connectivity index (χ4v) is 2.99. The van der Waals surface area contributed by atoms with Crippen molar-refractivity contribution in [3.05, 3.63) is 42.3 Å². The van der Waals surface area contributed by atoms with Gasteiger partial charge in [-0.3, -0.25) is 0 Å². The molecule has 0 amide bonds. The minimum Gasteiger partial charge on any atom is -0.465 e. The van der Waals surface area contributed by atoms with Gasteiger partial charge in [0.05, 0.1) is 26.0 Å². The first-order valence-corrected chi connectivity index (χ1v) is 8.97. The topological polar surface area (TPSA) is 70.8 Å². The summed E-state index contributed by atoms with van der Waals surface area (Å²) in [6.45, 7) is 2.62. The number of aromatic nitrogens is 1. The molecular formula is C20H25NO5. The Labute approximate surface area is 153 Å². The minimum absolute atomic E-state index is 0.296. The Balaban J connectivity index is 1.38. The van der Waals surface area contributed by atoms with Gasteiger partial charge < -0.3 is 18.6 Å². The minimum atomic E-state index is -1.26. The van der Waals surface area contributed by atoms with E-state index in [9.17, 15) is 4.79 Å². The van der Waals surface area contributed by atoms with Gasteiger partial charge in [0.2, 0.25) is 5.89 Å². The maximum atomic E-state index is 11.6. The van der Waals surface area contributed by atoms with Crippen LogP contribution in [-0.2, 0) is 25.4 Å². The highest BCUT2D eigenvalue weighted by molar-refractivity contribution is 5.77. The Bertz CT molecular complexity index is 704. The first-order chi connectivity index (χ1) is 12.6. The fraction of sp³-hybridized carbons (Fsp3) is 0.500. The van der Waals surface area contributed by atoms with Gasteiger partial charge in [-0.1, -0.05) is 24.6 Å². The van der Waals surface area contributed by atoms with E-state index in [1.165, 1.54) is 7.11 Å². The van der Waals surface area contributed by atoms with E-state index in [0.29, 0.717) is 25.0 Å². The van der Waals surface area contributed by atoms with Crippen LogP contribution in [0.3, 0.4) is 0 Å². The molecule has 0 atom stereocenters. The number of methoxy groups -OCH3 is 1. The molecule has 0 spiro atoms. The van der Waals surface area contributed by atoms with E-state index in [2.05, 4.69) is 4.98 Å². The highest BCUT2D eigenvalue weighted by Gasteiger charge is 2.41. The summed E-state index contributed by atoms with van der Waals surface area (Å²) >= 11 is 0. The molecule has 26 heavy (non-hydrogen) atoms. The van der Waals surface area contributed by atoms with Crippen LogP contribution >= 0.6 is 0 Å². The molecular weight excluding hydrogens is 334 g/mol. The normalized spacial score (nSPS) is 22.9. The van der Waals surface area contributed by atoms with Crippen molar-refractivity contribution in [2.24, 2.45) is 5.92 Å². The highest BCUT2D eigenvalue weighted by Crippen LogP contribution is 2.26. The third kappa shape index (κ3) is 4.51. The number of oxazole rings is 1. The Kier molecular flexibility index (Phi) is 6.06. The number of ether oxygens (including phenoxy) is 3. The fourth-order valence-electron chi connectivity index (χ4n) is 2.99. The van der Waals surface area contributed by atoms with Crippen molar-refractivity contribution >= 4 is 5.97 Å². The molecule has 0 saturated carbocycles. The molecule has 2 aromatic rings. The van der Waals surface area contributed by atoms with E-state index < -0.39 is 11.8 Å². The molecule has 1 aromatic carbocycles. The molecule has 1 fully saturated rings. The second kappa shape index (κ2) is 8.47. The number of hydrogen-bond donors (Lipinski definition) is 0. The Hall–Kier alpha value is -2.18. The van der Waals surface area contributed by atoms with Crippen molar-refractivity contribution in [1.82, 2.24) is 4.98 Å². The van der Waals surface area contributed by atoms with Crippen LogP contribution < -0.4 is 0 Å². The first-order valence-electron chi connectivity index (χ1n) is 8.97. The van der Waals surface area contributed by atoms with Gasteiger partial charge >= 0.3 is 5.97 Å². The smallest absolute Gasteiger partial charge is 0.366 e. The second-order valence-electron chi connectivity index (χ2n) is 6.68. The number of aryl methyl sites for hydroxylation is 1. The van der Waals surface area contributed by atoms with E-state index in [1.807, 2.05) is 30.3 Å². The van der Waals surface area contributed by atoms with Gasteiger partial charge in [0.1, 0.15) is 6.26 Å². The summed E-state index contributed by atoms with van der Waals surface area (Å²) in [5.41, 5.74) is 1.96. The molecule has 2 heterocycles. The average molecular weight is 359 g/mol. The lowest BCUT2D eigenvalue weighted by atomic mass is 10.0. The molecule has 0 bridgehead atoms. The Morgan fingerprint density at radius 1 is 1.23 bits per heavy atom. The van der Waals surface area contributed by atoms with Crippen molar-refractivity contribution in [2.75, 3.05) is 20.3 Å². The number of carbonyl (C=O) groups is 1. The molecule has 1 aliphatic rings. The average Bonchev–Trinajstić information content (AvgIpc) is 3.16. The van der Waals surface area contributed by atoms with Crippen LogP contribution in [0.5, 0.6) is 0 Å². The van der Waals surface area contributed by atoms with Crippen LogP contribution in [0.15, 0.2) is 41.0 Å². The van der Waals surface area contributed by atoms with Gasteiger partial charge in [-0.15, -0.1) is 0 Å². The van der Waals surface area contributed by atoms with Crippen LogP contribution in [0.2, 0.25) is 0 Å². The summed E-state index contributed by atoms with van der Waals surface area (Å²) in [7, 11) is 1.33. The zero-order chi connectivity index (χ0) is 18.4. The summed E-state index contributed by atoms with van der Waals surface area (Å²) < 4.78 is 21.4. The maximum absolute atomic E-state index is 11.6. The molecule has 1 aliphatic heterocycles. The van der Waals surface area contributed by atoms with Crippen molar-refractivity contribution in [1.29, 1.82) is 0 Å². The van der Waals surface area contributed by atoms with Crippen LogP contribution in [0.4, 0.5) is 0 Å². The van der Waals surface area contributed by atoms with E-state index in [0.717, 1.165) is 36.9 Å². The van der Waals surface area contributed by atoms with Gasteiger partial charge in [-0.2, -0.15) is 0 Å². The molecule has 140 valence electrons. The predicted octanol–water partition coefficient (Wildman–Crippen LogP) is 3.61. The molecule has 3 rings (SSSR count). The number of unbranched alkanes of at least 4 members (excludes halogenated alkanes) is 1. The lowest BCUT2D eigenvalue weighted by Gasteiger charge is -2.35. The second-order valence-corrected chi connectivity index (χ2v) is 6.68. The number of benzene rings is 1. The zero-order valence-electron chi connectivity index (χ0n) is 15.3. The number of nitrogens with zero attached hydrogens (tertiary/aromatic N) is 1. The quantitative estimate of drug-likeness (QED) is 0.556. The largest absolute Gasteiger partial charge is 0.465 e. The number of carbonyl (C=O) groups excluding carboxylic acids is 1. The van der Waals surface area contributed by atoms with Gasteiger partial charge in [0.25, 0.3) is 5.79 Å². The van der Waals surface area contributed by atoms with Gasteiger partial charge in [-0.05, 0) is 31.4 Å². The monoisotopic (exact) mass is 359 g/mol. The van der Waals surface area contributed by atoms with Crippen LogP contribution in [0, 0.1) is 5.92 Å². The molecule has 0 N–H and O–H groups in total. The molecule has 0 aliphatic carbocycles. The van der Waals surface area contributed by atoms with E-state index in [4.69, 9.17) is 18.6 Å². The van der Waals surface area contributed by atoms with Crippen molar-refractivity contribution < 1.29 is 23.4 Å². The zero-order valence-corrected chi connectivity index (χ0v) is 15.3. The maximum Gasteiger partial charge on any atom is 0.366 e. The number of hydrogen-bond acceptors (Lipinski definition) is 6. The third-order valence-electron chi connectivity index (χ3n) is 4.61. The Morgan fingerprint density at radius 2 is 1.96 bits per heavy atom. The first kappa shape index (κ1) is 18.6. The standard InChI is InChI=1S/C20H25NO5/c1-20(19(22)23-2)25-12-15(13-26-20)8-6-7-11-17-14-24-18(21-17)16-9-4-3-5-10-16/h3-5,9-10,14-15H,6-8,11-13H2,1-2H3/t15-,20+. The van der Waals surface area contributed by atoms with Gasteiger partial charge in [0.15, 0.2) is 0 Å². The SMILES string of the molecule is COC(=O)[C@]1(C)OC[C@H](CCCCc2coc(-c3ccccc3)n2)CO1. The summed E-state index contributed by atoms with van der Waals surface area (Å²) in [6, 6.07) is 9.89. The summed E-state index contributed by atoms with van der Waals surface area (Å²) in [5.74, 6) is -0.794. The van der Waals surface area contributed by atoms with Crippen molar-refractivity contribution in [2.45, 2.75) is 38.4 Å². The molecule has 6 heteroatoms. The van der Waals surface area contributed by atoms with Crippen LogP contribution in [-0.4, -0.2) is 37.1 Å². The van der Waals surface area contributed by atoms with Crippen molar-refractivity contribution in [3.63, 3.8) is 0 Å². The van der Waals surface area contributed by atoms with E-state index >= 15 is 0 Å². The molecule has 0 radical (unpaired) electrons. The lowest BCUT2D eigenvalue weighted by Crippen LogP contribution is -2.48. The Morgan fingerprint density at radius 3 is 2.65 bits per heavy atom. The van der Waals surface area contributed by atoms with E-state index in [1.54, 1.807) is 13.2 Å². The van der Waals surface area contributed by atoms with Crippen LogP contribution in [0.25, 0.3) is 11.5 Å². The van der Waals surface area contributed by atoms with Gasteiger partial charge in [-0.25, -0.2) is 9.78 Å². The number of esters is 1. The van der Waals surface area contributed by atoms with Gasteiger partial charge in [0, 0.05) is 18.4 Å². The predicted molar refractivity (Wildman–Crippen MR) is 95.3 cm³/mol. The molecule has 1 aromatic heterocycles. The van der Waals surface area contributed by atoms with E-state index in [-0.39, 0.29) is 0 Å². The third-order valence-corrected chi connectivity index (χ3v) is 4.61.